The van der Waals surface area contributed by atoms with Crippen LogP contribution in [0, 0.1) is 0 Å². The minimum Gasteiger partial charge on any atom is -0.505 e. The number of para-hydroxylation sites is 1. The number of carbonyl (C=O) groups is 1. The maximum atomic E-state index is 13.1. The van der Waals surface area contributed by atoms with Crippen LogP contribution in [-0.2, 0) is 4.84 Å². The number of hydrogen-bond acceptors (Lipinski definition) is 6. The number of phenols is 1. The summed E-state index contributed by atoms with van der Waals surface area (Å²) in [5, 5.41) is 15.2. The fourth-order valence-corrected chi connectivity index (χ4v) is 3.39. The first-order valence-electron chi connectivity index (χ1n) is 9.86. The number of carbonyl (C=O) groups excluding carboxylic acids is 1. The molecule has 168 valence electrons. The van der Waals surface area contributed by atoms with E-state index in [4.69, 9.17) is 32.8 Å². The van der Waals surface area contributed by atoms with Crippen LogP contribution in [-0.4, -0.2) is 32.4 Å². The molecular weight excluding hydrogens is 467 g/mol. The Morgan fingerprint density at radius 1 is 1.03 bits per heavy atom. The molecule has 0 saturated carbocycles. The molecule has 4 rings (SSSR count). The average Bonchev–Trinajstić information content (AvgIpc) is 3.32. The number of amides is 1. The van der Waals surface area contributed by atoms with Crippen molar-refractivity contribution in [3.63, 3.8) is 0 Å². The highest BCUT2D eigenvalue weighted by atomic mass is 35.5. The first-order valence-corrected chi connectivity index (χ1v) is 10.6. The van der Waals surface area contributed by atoms with Crippen LogP contribution < -0.4 is 9.80 Å². The highest BCUT2D eigenvalue weighted by Gasteiger charge is 2.23. The number of aromatic nitrogens is 3. The number of hydrogen-bond donors (Lipinski definition) is 1. The summed E-state index contributed by atoms with van der Waals surface area (Å²) in [4.78, 5) is 22.7. The van der Waals surface area contributed by atoms with Crippen molar-refractivity contribution in [3.8, 4) is 22.9 Å². The number of rotatable bonds is 7. The van der Waals surface area contributed by atoms with Crippen molar-refractivity contribution < 1.29 is 19.5 Å². The lowest BCUT2D eigenvalue weighted by atomic mass is 10.3. The highest BCUT2D eigenvalue weighted by Crippen LogP contribution is 2.33. The number of ether oxygens (including phenoxy) is 1. The SMILES string of the molecule is CCON(C(=O)c1ncn(-c2cc(Cl)c(O)c(Cl)c2)n1)c1ccc(Oc2ccccc2)cc1. The van der Waals surface area contributed by atoms with Gasteiger partial charge in [0.25, 0.3) is 0 Å². The van der Waals surface area contributed by atoms with Gasteiger partial charge in [-0.2, -0.15) is 5.06 Å². The van der Waals surface area contributed by atoms with E-state index in [1.54, 1.807) is 31.2 Å². The topological polar surface area (TPSA) is 89.7 Å². The third-order valence-corrected chi connectivity index (χ3v) is 5.02. The van der Waals surface area contributed by atoms with E-state index in [1.807, 2.05) is 30.3 Å². The minimum atomic E-state index is -0.566. The maximum absolute atomic E-state index is 13.1. The molecule has 1 aromatic heterocycles. The van der Waals surface area contributed by atoms with Crippen LogP contribution in [0.25, 0.3) is 5.69 Å². The van der Waals surface area contributed by atoms with Crippen molar-refractivity contribution in [3.05, 3.63) is 88.9 Å². The molecule has 1 amide bonds. The number of phenolic OH excluding ortho intramolecular Hbond substituents is 1. The van der Waals surface area contributed by atoms with Crippen molar-refractivity contribution in [2.75, 3.05) is 11.7 Å². The van der Waals surface area contributed by atoms with Crippen LogP contribution in [0.4, 0.5) is 5.69 Å². The minimum absolute atomic E-state index is 0.0506. The van der Waals surface area contributed by atoms with Crippen molar-refractivity contribution in [1.29, 1.82) is 0 Å². The molecule has 4 aromatic rings. The molecule has 0 unspecified atom stereocenters. The average molecular weight is 485 g/mol. The smallest absolute Gasteiger partial charge is 0.321 e. The predicted molar refractivity (Wildman–Crippen MR) is 124 cm³/mol. The van der Waals surface area contributed by atoms with Crippen molar-refractivity contribution >= 4 is 34.8 Å². The summed E-state index contributed by atoms with van der Waals surface area (Å²) in [7, 11) is 0. The molecule has 8 nitrogen and oxygen atoms in total. The van der Waals surface area contributed by atoms with Gasteiger partial charge < -0.3 is 9.84 Å². The highest BCUT2D eigenvalue weighted by molar-refractivity contribution is 6.37. The molecule has 3 aromatic carbocycles. The van der Waals surface area contributed by atoms with E-state index >= 15 is 0 Å². The summed E-state index contributed by atoms with van der Waals surface area (Å²) in [6.07, 6.45) is 1.34. The molecule has 0 aliphatic rings. The number of nitrogens with zero attached hydrogens (tertiary/aromatic N) is 4. The second-order valence-corrected chi connectivity index (χ2v) is 7.51. The molecule has 0 spiro atoms. The first kappa shape index (κ1) is 22.6. The van der Waals surface area contributed by atoms with Crippen LogP contribution in [0.3, 0.4) is 0 Å². The Kier molecular flexibility index (Phi) is 6.79. The van der Waals surface area contributed by atoms with E-state index in [1.165, 1.54) is 23.1 Å². The molecule has 10 heteroatoms. The van der Waals surface area contributed by atoms with Gasteiger partial charge in [0, 0.05) is 0 Å². The van der Waals surface area contributed by atoms with E-state index < -0.39 is 5.91 Å². The summed E-state index contributed by atoms with van der Waals surface area (Å²) < 4.78 is 7.11. The van der Waals surface area contributed by atoms with Gasteiger partial charge in [-0.1, -0.05) is 41.4 Å². The lowest BCUT2D eigenvalue weighted by molar-refractivity contribution is 0.0669. The zero-order chi connectivity index (χ0) is 23.4. The molecule has 0 radical (unpaired) electrons. The van der Waals surface area contributed by atoms with Crippen LogP contribution in [0.5, 0.6) is 17.2 Å². The monoisotopic (exact) mass is 484 g/mol. The number of aromatic hydroxyl groups is 1. The first-order chi connectivity index (χ1) is 16.0. The molecule has 1 N–H and O–H groups in total. The van der Waals surface area contributed by atoms with Gasteiger partial charge in [0.2, 0.25) is 5.82 Å². The lowest BCUT2D eigenvalue weighted by Crippen LogP contribution is -2.32. The Morgan fingerprint density at radius 3 is 2.30 bits per heavy atom. The quantitative estimate of drug-likeness (QED) is 0.340. The second-order valence-electron chi connectivity index (χ2n) is 6.70. The number of anilines is 1. The van der Waals surface area contributed by atoms with Crippen LogP contribution in [0.1, 0.15) is 17.5 Å². The van der Waals surface area contributed by atoms with Crippen molar-refractivity contribution in [2.45, 2.75) is 6.92 Å². The molecule has 33 heavy (non-hydrogen) atoms. The molecule has 0 fully saturated rings. The van der Waals surface area contributed by atoms with Gasteiger partial charge in [0.05, 0.1) is 28.0 Å². The second kappa shape index (κ2) is 9.91. The summed E-state index contributed by atoms with van der Waals surface area (Å²) in [5.74, 6) is 0.405. The Bertz CT molecular complexity index is 1240. The molecule has 1 heterocycles. The Morgan fingerprint density at radius 2 is 1.67 bits per heavy atom. The van der Waals surface area contributed by atoms with Gasteiger partial charge in [-0.25, -0.2) is 9.67 Å². The molecule has 0 bridgehead atoms. The third-order valence-electron chi connectivity index (χ3n) is 4.44. The zero-order valence-corrected chi connectivity index (χ0v) is 18.9. The van der Waals surface area contributed by atoms with Crippen LogP contribution in [0.2, 0.25) is 10.0 Å². The summed E-state index contributed by atoms with van der Waals surface area (Å²) in [6.45, 7) is 2.01. The molecule has 0 aliphatic heterocycles. The van der Waals surface area contributed by atoms with Crippen LogP contribution >= 0.6 is 23.2 Å². The molecule has 0 atom stereocenters. The number of halogens is 2. The number of hydroxylamine groups is 1. The maximum Gasteiger partial charge on any atom is 0.321 e. The fourth-order valence-electron chi connectivity index (χ4n) is 2.91. The predicted octanol–water partition coefficient (Wildman–Crippen LogP) is 5.67. The Labute approximate surface area is 199 Å². The van der Waals surface area contributed by atoms with Gasteiger partial charge in [-0.3, -0.25) is 9.63 Å². The van der Waals surface area contributed by atoms with E-state index in [2.05, 4.69) is 10.1 Å². The largest absolute Gasteiger partial charge is 0.505 e. The Balaban J connectivity index is 1.55. The van der Waals surface area contributed by atoms with Gasteiger partial charge in [-0.15, -0.1) is 5.10 Å². The summed E-state index contributed by atoms with van der Waals surface area (Å²) in [5.41, 5.74) is 0.911. The van der Waals surface area contributed by atoms with E-state index in [-0.39, 0.29) is 28.2 Å². The summed E-state index contributed by atoms with van der Waals surface area (Å²) >= 11 is 11.9. The van der Waals surface area contributed by atoms with Gasteiger partial charge >= 0.3 is 5.91 Å². The van der Waals surface area contributed by atoms with Crippen molar-refractivity contribution in [2.24, 2.45) is 0 Å². The fraction of sp³-hybridized carbons (Fsp3) is 0.0870. The van der Waals surface area contributed by atoms with Crippen LogP contribution in [0.15, 0.2) is 73.1 Å². The summed E-state index contributed by atoms with van der Waals surface area (Å²) in [6, 6.07) is 19.1. The standard InChI is InChI=1S/C23H18Cl2N4O4/c1-2-32-29(15-8-10-18(11-9-15)33-17-6-4-3-5-7-17)23(31)22-26-14-28(27-22)16-12-19(24)21(30)20(25)13-16/h3-14,30H,2H2,1H3. The molecule has 0 saturated heterocycles. The van der Waals surface area contributed by atoms with E-state index in [9.17, 15) is 9.90 Å². The van der Waals surface area contributed by atoms with Gasteiger partial charge in [0.1, 0.15) is 17.8 Å². The zero-order valence-electron chi connectivity index (χ0n) is 17.4. The van der Waals surface area contributed by atoms with Gasteiger partial charge in [-0.05, 0) is 55.5 Å². The molecule has 0 aliphatic carbocycles. The lowest BCUT2D eigenvalue weighted by Gasteiger charge is -2.20. The van der Waals surface area contributed by atoms with E-state index in [0.717, 1.165) is 5.06 Å². The number of benzene rings is 3. The van der Waals surface area contributed by atoms with Gasteiger partial charge in [0.15, 0.2) is 5.75 Å². The normalized spacial score (nSPS) is 10.8. The van der Waals surface area contributed by atoms with E-state index in [0.29, 0.717) is 22.9 Å². The third kappa shape index (κ3) is 5.09. The molecular formula is C23H18Cl2N4O4. The Hall–Kier alpha value is -3.59. The van der Waals surface area contributed by atoms with Crippen molar-refractivity contribution in [1.82, 2.24) is 14.8 Å².